The summed E-state index contributed by atoms with van der Waals surface area (Å²) < 4.78 is 6.40. The second kappa shape index (κ2) is 5.23. The Balaban J connectivity index is 2.94. The van der Waals surface area contributed by atoms with E-state index in [-0.39, 0.29) is 0 Å². The van der Waals surface area contributed by atoms with E-state index >= 15 is 0 Å². The van der Waals surface area contributed by atoms with Gasteiger partial charge >= 0.3 is 0 Å². The highest BCUT2D eigenvalue weighted by Gasteiger charge is 2.41. The van der Waals surface area contributed by atoms with Crippen LogP contribution in [0.1, 0.15) is 12.5 Å². The van der Waals surface area contributed by atoms with Crippen LogP contribution in [0.3, 0.4) is 0 Å². The topological polar surface area (TPSA) is 9.23 Å². The van der Waals surface area contributed by atoms with E-state index < -0.39 is 15.4 Å². The van der Waals surface area contributed by atoms with Gasteiger partial charge in [0, 0.05) is 5.56 Å². The van der Waals surface area contributed by atoms with E-state index in [2.05, 4.69) is 70.0 Å². The van der Waals surface area contributed by atoms with Crippen LogP contribution in [-0.2, 0) is 4.43 Å². The van der Waals surface area contributed by atoms with Crippen LogP contribution in [0.15, 0.2) is 36.4 Å². The summed E-state index contributed by atoms with van der Waals surface area (Å²) in [6.07, 6.45) is 2.09. The number of hydrogen-bond acceptors (Lipinski definition) is 1. The first-order valence-corrected chi connectivity index (χ1v) is 13.6. The molecule has 3 heteroatoms. The van der Waals surface area contributed by atoms with Crippen LogP contribution in [-0.4, -0.2) is 15.4 Å². The summed E-state index contributed by atoms with van der Waals surface area (Å²) in [5.74, 6) is 1.05. The van der Waals surface area contributed by atoms with Gasteiger partial charge in [0.2, 0.25) is 7.83 Å². The van der Waals surface area contributed by atoms with E-state index in [0.29, 0.717) is 0 Å². The van der Waals surface area contributed by atoms with Gasteiger partial charge in [-0.05, 0) is 26.1 Å². The van der Waals surface area contributed by atoms with Crippen molar-refractivity contribution in [1.82, 2.24) is 0 Å². The van der Waals surface area contributed by atoms with Gasteiger partial charge in [-0.25, -0.2) is 0 Å². The molecule has 0 bridgehead atoms. The lowest BCUT2D eigenvalue weighted by Gasteiger charge is -2.36. The van der Waals surface area contributed by atoms with Crippen molar-refractivity contribution < 1.29 is 4.43 Å². The molecule has 1 aromatic rings. The van der Waals surface area contributed by atoms with Crippen molar-refractivity contribution in [2.75, 3.05) is 0 Å². The Morgan fingerprint density at radius 2 is 1.53 bits per heavy atom. The Morgan fingerprint density at radius 3 is 1.94 bits per heavy atom. The molecule has 0 spiro atoms. The molecule has 0 unspecified atom stereocenters. The maximum Gasteiger partial charge on any atom is 0.228 e. The molecule has 1 aromatic carbocycles. The van der Waals surface area contributed by atoms with Gasteiger partial charge in [0.15, 0.2) is 0 Å². The van der Waals surface area contributed by atoms with Crippen LogP contribution < -0.4 is 0 Å². The largest absolute Gasteiger partial charge is 0.547 e. The molecule has 1 nitrogen and oxygen atoms in total. The molecule has 0 atom stereocenters. The van der Waals surface area contributed by atoms with Gasteiger partial charge in [0.05, 0.1) is 7.59 Å². The van der Waals surface area contributed by atoms with Crippen LogP contribution in [0, 0.1) is 0 Å². The first-order chi connectivity index (χ1) is 7.78. The van der Waals surface area contributed by atoms with E-state index in [1.54, 1.807) is 0 Å². The van der Waals surface area contributed by atoms with Crippen molar-refractivity contribution >= 4 is 21.2 Å². The molecule has 0 saturated heterocycles. The maximum absolute atomic E-state index is 6.40. The summed E-state index contributed by atoms with van der Waals surface area (Å²) in [5.41, 5.74) is 1.19. The van der Waals surface area contributed by atoms with Gasteiger partial charge in [0.1, 0.15) is 5.76 Å². The lowest BCUT2D eigenvalue weighted by Crippen LogP contribution is -2.54. The molecule has 0 fully saturated rings. The van der Waals surface area contributed by atoms with Crippen LogP contribution >= 0.6 is 0 Å². The maximum atomic E-state index is 6.40. The normalized spacial score (nSPS) is 13.6. The van der Waals surface area contributed by atoms with E-state index in [1.807, 2.05) is 6.07 Å². The Morgan fingerprint density at radius 1 is 1.00 bits per heavy atom. The quantitative estimate of drug-likeness (QED) is 0.566. The average Bonchev–Trinajstić information content (AvgIpc) is 2.25. The Labute approximate surface area is 107 Å². The lowest BCUT2D eigenvalue weighted by atomic mass is 10.2. The minimum Gasteiger partial charge on any atom is -0.547 e. The number of rotatable bonds is 4. The van der Waals surface area contributed by atoms with Gasteiger partial charge in [0.25, 0.3) is 0 Å². The summed E-state index contributed by atoms with van der Waals surface area (Å²) in [4.78, 5) is 0. The standard InChI is InChI=1S/C14H24OSi2/c1-7-14(13-11-9-8-10-12-13)15-17(5,6)16(2,3)4/h7-12H,1-6H3/b14-7+. The third-order valence-corrected chi connectivity index (χ3v) is 19.0. The minimum atomic E-state index is -1.60. The third-order valence-electron chi connectivity index (χ3n) is 3.49. The number of allylic oxidation sites excluding steroid dienone is 1. The average molecular weight is 265 g/mol. The highest BCUT2D eigenvalue weighted by atomic mass is 29.3. The van der Waals surface area contributed by atoms with Crippen molar-refractivity contribution in [2.45, 2.75) is 39.7 Å². The van der Waals surface area contributed by atoms with Gasteiger partial charge in [-0.1, -0.05) is 50.0 Å². The van der Waals surface area contributed by atoms with E-state index in [1.165, 1.54) is 5.56 Å². The predicted octanol–water partition coefficient (Wildman–Crippen LogP) is 4.69. The van der Waals surface area contributed by atoms with E-state index in [0.717, 1.165) is 5.76 Å². The molecule has 0 N–H and O–H groups in total. The molecule has 0 aliphatic rings. The fraction of sp³-hybridized carbons (Fsp3) is 0.429. The highest BCUT2D eigenvalue weighted by Crippen LogP contribution is 2.27. The summed E-state index contributed by atoms with van der Waals surface area (Å²) in [6.45, 7) is 13.9. The van der Waals surface area contributed by atoms with Crippen LogP contribution in [0.4, 0.5) is 0 Å². The molecule has 0 aliphatic heterocycles. The van der Waals surface area contributed by atoms with Gasteiger partial charge < -0.3 is 4.43 Å². The first-order valence-electron chi connectivity index (χ1n) is 6.18. The zero-order valence-electron chi connectivity index (χ0n) is 11.9. The first kappa shape index (κ1) is 14.3. The molecule has 0 radical (unpaired) electrons. The van der Waals surface area contributed by atoms with Crippen LogP contribution in [0.2, 0.25) is 32.7 Å². The van der Waals surface area contributed by atoms with E-state index in [4.69, 9.17) is 4.43 Å². The molecule has 0 amide bonds. The van der Waals surface area contributed by atoms with Gasteiger partial charge in [-0.3, -0.25) is 0 Å². The summed E-state index contributed by atoms with van der Waals surface area (Å²) >= 11 is 0. The monoisotopic (exact) mass is 264 g/mol. The molecule has 0 aliphatic carbocycles. The predicted molar refractivity (Wildman–Crippen MR) is 82.0 cm³/mol. The summed E-state index contributed by atoms with van der Waals surface area (Å²) in [7, 11) is -2.82. The molecular formula is C14H24OSi2. The van der Waals surface area contributed by atoms with Crippen molar-refractivity contribution in [3.63, 3.8) is 0 Å². The summed E-state index contributed by atoms with van der Waals surface area (Å²) in [6, 6.07) is 10.4. The zero-order chi connectivity index (χ0) is 13.1. The smallest absolute Gasteiger partial charge is 0.228 e. The van der Waals surface area contributed by atoms with Crippen molar-refractivity contribution in [1.29, 1.82) is 0 Å². The Hall–Kier alpha value is -0.806. The summed E-state index contributed by atoms with van der Waals surface area (Å²) in [5, 5.41) is 0. The van der Waals surface area contributed by atoms with Crippen LogP contribution in [0.25, 0.3) is 5.76 Å². The molecule has 0 heterocycles. The van der Waals surface area contributed by atoms with Crippen molar-refractivity contribution in [3.05, 3.63) is 42.0 Å². The Bertz CT molecular complexity index is 388. The SMILES string of the molecule is C/C=C(/O[Si](C)(C)[Si](C)(C)C)c1ccccc1. The number of benzene rings is 1. The lowest BCUT2D eigenvalue weighted by molar-refractivity contribution is 0.524. The van der Waals surface area contributed by atoms with Crippen LogP contribution in [0.5, 0.6) is 0 Å². The fourth-order valence-electron chi connectivity index (χ4n) is 1.31. The molecular weight excluding hydrogens is 240 g/mol. The second-order valence-corrected chi connectivity index (χ2v) is 21.7. The van der Waals surface area contributed by atoms with E-state index in [9.17, 15) is 0 Å². The fourth-order valence-corrected chi connectivity index (χ4v) is 3.66. The van der Waals surface area contributed by atoms with Crippen molar-refractivity contribution in [2.24, 2.45) is 0 Å². The zero-order valence-corrected chi connectivity index (χ0v) is 13.9. The highest BCUT2D eigenvalue weighted by molar-refractivity contribution is 7.38. The Kier molecular flexibility index (Phi) is 4.39. The number of hydrogen-bond donors (Lipinski definition) is 0. The molecule has 1 rings (SSSR count). The second-order valence-electron chi connectivity index (χ2n) is 5.88. The molecule has 0 aromatic heterocycles. The van der Waals surface area contributed by atoms with Crippen molar-refractivity contribution in [3.8, 4) is 0 Å². The van der Waals surface area contributed by atoms with Gasteiger partial charge in [-0.2, -0.15) is 0 Å². The minimum absolute atomic E-state index is 1.05. The van der Waals surface area contributed by atoms with Gasteiger partial charge in [-0.15, -0.1) is 0 Å². The third kappa shape index (κ3) is 3.58. The molecule has 94 valence electrons. The molecule has 0 saturated carbocycles. The molecule has 17 heavy (non-hydrogen) atoms.